The Balaban J connectivity index is 2.36. The number of amidine groups is 1. The van der Waals surface area contributed by atoms with E-state index >= 15 is 0 Å². The Labute approximate surface area is 124 Å². The maximum Gasteiger partial charge on any atom is 0.129 e. The van der Waals surface area contributed by atoms with E-state index in [1.54, 1.807) is 10.8 Å². The Morgan fingerprint density at radius 2 is 2.05 bits per heavy atom. The molecule has 0 aliphatic carbocycles. The Morgan fingerprint density at radius 1 is 1.35 bits per heavy atom. The van der Waals surface area contributed by atoms with Crippen LogP contribution in [0.3, 0.4) is 0 Å². The molecule has 0 spiro atoms. The van der Waals surface area contributed by atoms with E-state index in [0.717, 1.165) is 23.6 Å². The third-order valence-electron chi connectivity index (χ3n) is 3.12. The van der Waals surface area contributed by atoms with Crippen LogP contribution in [0, 0.1) is 0 Å². The molecule has 0 aliphatic heterocycles. The second kappa shape index (κ2) is 6.44. The number of hydrogen-bond acceptors (Lipinski definition) is 1. The van der Waals surface area contributed by atoms with E-state index in [0.29, 0.717) is 5.02 Å². The summed E-state index contributed by atoms with van der Waals surface area (Å²) in [6.07, 6.45) is 4.37. The molecule has 0 amide bonds. The van der Waals surface area contributed by atoms with Gasteiger partial charge in [0.05, 0.1) is 10.7 Å². The summed E-state index contributed by atoms with van der Waals surface area (Å²) in [7, 11) is 2.01. The molecular formula is C16H18ClN3. The van der Waals surface area contributed by atoms with Gasteiger partial charge in [-0.05, 0) is 24.3 Å². The Bertz CT molecular complexity index is 614. The lowest BCUT2D eigenvalue weighted by atomic mass is 10.3. The van der Waals surface area contributed by atoms with Gasteiger partial charge in [0.2, 0.25) is 0 Å². The average molecular weight is 288 g/mol. The van der Waals surface area contributed by atoms with Gasteiger partial charge in [0, 0.05) is 25.4 Å². The van der Waals surface area contributed by atoms with E-state index < -0.39 is 0 Å². The number of aromatic nitrogens is 1. The van der Waals surface area contributed by atoms with Crippen LogP contribution >= 0.6 is 11.6 Å². The third-order valence-corrected chi connectivity index (χ3v) is 3.44. The van der Waals surface area contributed by atoms with Crippen molar-refractivity contribution in [3.63, 3.8) is 0 Å². The zero-order valence-corrected chi connectivity index (χ0v) is 12.5. The molecule has 20 heavy (non-hydrogen) atoms. The number of nitrogens with zero attached hydrogens (tertiary/aromatic N) is 3. The molecule has 2 aromatic rings. The maximum atomic E-state index is 6.09. The minimum Gasteiger partial charge on any atom is -0.332 e. The molecule has 2 rings (SSSR count). The first kappa shape index (κ1) is 14.4. The van der Waals surface area contributed by atoms with Gasteiger partial charge in [0.25, 0.3) is 0 Å². The zero-order valence-electron chi connectivity index (χ0n) is 11.8. The minimum absolute atomic E-state index is 0.654. The van der Waals surface area contributed by atoms with Crippen LogP contribution < -0.4 is 4.90 Å². The summed E-state index contributed by atoms with van der Waals surface area (Å²) >= 11 is 6.09. The van der Waals surface area contributed by atoms with Crippen molar-refractivity contribution in [2.75, 3.05) is 11.9 Å². The van der Waals surface area contributed by atoms with Crippen molar-refractivity contribution < 1.29 is 0 Å². The fourth-order valence-electron chi connectivity index (χ4n) is 1.99. The van der Waals surface area contributed by atoms with Crippen LogP contribution in [-0.4, -0.2) is 17.6 Å². The minimum atomic E-state index is 0.654. The number of anilines is 1. The quantitative estimate of drug-likeness (QED) is 0.599. The van der Waals surface area contributed by atoms with E-state index in [4.69, 9.17) is 11.6 Å². The standard InChI is InChI=1S/C16H18ClN3/c1-4-15-14(17)11-12-20(15)18-16(5-2)19(3)13-9-7-6-8-10-13/h4,6-12H,1,5H2,2-3H3/b18-16-. The number of para-hydroxylation sites is 1. The van der Waals surface area contributed by atoms with Crippen molar-refractivity contribution in [2.24, 2.45) is 5.10 Å². The molecule has 0 unspecified atom stereocenters. The van der Waals surface area contributed by atoms with Crippen molar-refractivity contribution in [3.05, 3.63) is 59.9 Å². The molecule has 0 saturated carbocycles. The molecule has 1 heterocycles. The van der Waals surface area contributed by atoms with Crippen LogP contribution in [-0.2, 0) is 0 Å². The average Bonchev–Trinajstić information content (AvgIpc) is 2.84. The van der Waals surface area contributed by atoms with Crippen molar-refractivity contribution >= 4 is 29.2 Å². The van der Waals surface area contributed by atoms with Crippen molar-refractivity contribution in [3.8, 4) is 0 Å². The summed E-state index contributed by atoms with van der Waals surface area (Å²) in [6.45, 7) is 5.85. The summed E-state index contributed by atoms with van der Waals surface area (Å²) in [4.78, 5) is 2.07. The molecule has 1 aromatic carbocycles. The first-order chi connectivity index (χ1) is 9.67. The van der Waals surface area contributed by atoms with Gasteiger partial charge in [-0.15, -0.1) is 0 Å². The Kier molecular flexibility index (Phi) is 4.64. The summed E-state index contributed by atoms with van der Waals surface area (Å²) < 4.78 is 1.76. The molecule has 0 N–H and O–H groups in total. The summed E-state index contributed by atoms with van der Waals surface area (Å²) in [5.74, 6) is 0.951. The molecule has 3 nitrogen and oxygen atoms in total. The van der Waals surface area contributed by atoms with Gasteiger partial charge < -0.3 is 4.90 Å². The lowest BCUT2D eigenvalue weighted by Gasteiger charge is -2.20. The third kappa shape index (κ3) is 2.94. The molecular weight excluding hydrogens is 270 g/mol. The van der Waals surface area contributed by atoms with Crippen LogP contribution in [0.25, 0.3) is 6.08 Å². The summed E-state index contributed by atoms with van der Waals surface area (Å²) in [5.41, 5.74) is 1.91. The first-order valence-electron chi connectivity index (χ1n) is 6.53. The van der Waals surface area contributed by atoms with Gasteiger partial charge in [-0.2, -0.15) is 5.10 Å². The van der Waals surface area contributed by atoms with Gasteiger partial charge in [-0.25, -0.2) is 4.68 Å². The van der Waals surface area contributed by atoms with Gasteiger partial charge in [0.15, 0.2) is 0 Å². The summed E-state index contributed by atoms with van der Waals surface area (Å²) in [6, 6.07) is 12.0. The van der Waals surface area contributed by atoms with E-state index in [1.165, 1.54) is 0 Å². The zero-order chi connectivity index (χ0) is 14.5. The lowest BCUT2D eigenvalue weighted by Crippen LogP contribution is -2.26. The van der Waals surface area contributed by atoms with E-state index in [9.17, 15) is 0 Å². The highest BCUT2D eigenvalue weighted by Crippen LogP contribution is 2.19. The molecule has 0 fully saturated rings. The van der Waals surface area contributed by atoms with Crippen molar-refractivity contribution in [2.45, 2.75) is 13.3 Å². The largest absolute Gasteiger partial charge is 0.332 e. The van der Waals surface area contributed by atoms with Gasteiger partial charge in [-0.1, -0.05) is 43.3 Å². The molecule has 0 radical (unpaired) electrons. The van der Waals surface area contributed by atoms with Crippen molar-refractivity contribution in [1.29, 1.82) is 0 Å². The topological polar surface area (TPSA) is 20.5 Å². The van der Waals surface area contributed by atoms with Crippen LogP contribution in [0.5, 0.6) is 0 Å². The van der Waals surface area contributed by atoms with Gasteiger partial charge >= 0.3 is 0 Å². The molecule has 0 bridgehead atoms. The monoisotopic (exact) mass is 287 g/mol. The highest BCUT2D eigenvalue weighted by atomic mass is 35.5. The fourth-order valence-corrected chi connectivity index (χ4v) is 2.21. The SMILES string of the molecule is C=Cc1c(Cl)ccn1/N=C(/CC)N(C)c1ccccc1. The predicted molar refractivity (Wildman–Crippen MR) is 87.5 cm³/mol. The van der Waals surface area contributed by atoms with Gasteiger partial charge in [0.1, 0.15) is 5.84 Å². The highest BCUT2D eigenvalue weighted by molar-refractivity contribution is 6.32. The van der Waals surface area contributed by atoms with Gasteiger partial charge in [-0.3, -0.25) is 0 Å². The molecule has 104 valence electrons. The Morgan fingerprint density at radius 3 is 2.65 bits per heavy atom. The second-order valence-corrected chi connectivity index (χ2v) is 4.77. The van der Waals surface area contributed by atoms with Crippen LogP contribution in [0.15, 0.2) is 54.3 Å². The van der Waals surface area contributed by atoms with E-state index in [1.807, 2.05) is 37.5 Å². The first-order valence-corrected chi connectivity index (χ1v) is 6.91. The van der Waals surface area contributed by atoms with Crippen LogP contribution in [0.2, 0.25) is 5.02 Å². The molecule has 0 atom stereocenters. The van der Waals surface area contributed by atoms with Crippen molar-refractivity contribution in [1.82, 2.24) is 4.68 Å². The molecule has 0 saturated heterocycles. The normalized spacial score (nSPS) is 11.4. The molecule has 1 aromatic heterocycles. The summed E-state index contributed by atoms with van der Waals surface area (Å²) in [5, 5.41) is 5.30. The second-order valence-electron chi connectivity index (χ2n) is 4.36. The van der Waals surface area contributed by atoms with E-state index in [2.05, 4.69) is 35.6 Å². The lowest BCUT2D eigenvalue weighted by molar-refractivity contribution is 0.858. The Hall–Kier alpha value is -2.00. The number of benzene rings is 1. The predicted octanol–water partition coefficient (Wildman–Crippen LogP) is 4.49. The van der Waals surface area contributed by atoms with Crippen LogP contribution in [0.1, 0.15) is 19.0 Å². The number of hydrogen-bond donors (Lipinski definition) is 0. The highest BCUT2D eigenvalue weighted by Gasteiger charge is 2.09. The fraction of sp³-hybridized carbons (Fsp3) is 0.188. The van der Waals surface area contributed by atoms with E-state index in [-0.39, 0.29) is 0 Å². The van der Waals surface area contributed by atoms with Crippen LogP contribution in [0.4, 0.5) is 5.69 Å². The smallest absolute Gasteiger partial charge is 0.129 e. The number of halogens is 1. The number of rotatable bonds is 4. The maximum absolute atomic E-state index is 6.09. The molecule has 4 heteroatoms. The molecule has 0 aliphatic rings.